The maximum Gasteiger partial charge on any atom is 0.337 e. The Kier molecular flexibility index (Phi) is 5.93. The molecule has 166 valence electrons. The Morgan fingerprint density at radius 1 is 1.09 bits per heavy atom. The van der Waals surface area contributed by atoms with Crippen molar-refractivity contribution >= 4 is 49.2 Å². The van der Waals surface area contributed by atoms with E-state index < -0.39 is 21.9 Å². The Hall–Kier alpha value is -3.68. The van der Waals surface area contributed by atoms with Gasteiger partial charge in [-0.15, -0.1) is 0 Å². The number of carbonyl (C=O) groups is 2. The standard InChI is InChI=1S/C23H16BrN3O5S/c24-17-5-6-20(19(12-17)23(29)30)26-22(28)16-9-14(13-25)10-18(11-16)33(31,32)27-8-7-15-3-1-2-4-21(15)27/h1-6,9-12H,7-8H2,(H,26,28)(H,29,30). The number of sulfonamides is 1. The number of carboxylic acid groups (broad SMARTS) is 1. The van der Waals surface area contributed by atoms with Crippen molar-refractivity contribution in [2.24, 2.45) is 0 Å². The van der Waals surface area contributed by atoms with Crippen molar-refractivity contribution in [3.05, 3.63) is 87.4 Å². The number of rotatable bonds is 5. The Balaban J connectivity index is 1.72. The summed E-state index contributed by atoms with van der Waals surface area (Å²) in [5.41, 5.74) is 1.26. The number of amides is 1. The second-order valence-corrected chi connectivity index (χ2v) is 10.0. The molecule has 0 radical (unpaired) electrons. The lowest BCUT2D eigenvalue weighted by molar-refractivity contribution is 0.0698. The number of para-hydroxylation sites is 1. The molecule has 1 amide bonds. The topological polar surface area (TPSA) is 128 Å². The van der Waals surface area contributed by atoms with Crippen LogP contribution in [0, 0.1) is 11.3 Å². The molecule has 1 aliphatic heterocycles. The van der Waals surface area contributed by atoms with Gasteiger partial charge in [0.25, 0.3) is 15.9 Å². The summed E-state index contributed by atoms with van der Waals surface area (Å²) in [6.07, 6.45) is 0.558. The molecule has 4 rings (SSSR count). The summed E-state index contributed by atoms with van der Waals surface area (Å²) in [4.78, 5) is 24.2. The van der Waals surface area contributed by atoms with Crippen LogP contribution in [-0.4, -0.2) is 31.9 Å². The first-order valence-corrected chi connectivity index (χ1v) is 11.9. The maximum absolute atomic E-state index is 13.4. The quantitative estimate of drug-likeness (QED) is 0.517. The second kappa shape index (κ2) is 8.69. The predicted molar refractivity (Wildman–Crippen MR) is 125 cm³/mol. The Morgan fingerprint density at radius 3 is 2.58 bits per heavy atom. The number of nitriles is 1. The van der Waals surface area contributed by atoms with Gasteiger partial charge < -0.3 is 10.4 Å². The number of carboxylic acids is 1. The summed E-state index contributed by atoms with van der Waals surface area (Å²) in [6.45, 7) is 0.251. The Labute approximate surface area is 198 Å². The van der Waals surface area contributed by atoms with E-state index in [1.54, 1.807) is 18.2 Å². The van der Waals surface area contributed by atoms with Gasteiger partial charge in [-0.2, -0.15) is 5.26 Å². The van der Waals surface area contributed by atoms with Gasteiger partial charge in [0.05, 0.1) is 33.5 Å². The fourth-order valence-electron chi connectivity index (χ4n) is 3.63. The monoisotopic (exact) mass is 525 g/mol. The van der Waals surface area contributed by atoms with Crippen LogP contribution >= 0.6 is 15.9 Å². The van der Waals surface area contributed by atoms with Crippen molar-refractivity contribution in [2.45, 2.75) is 11.3 Å². The summed E-state index contributed by atoms with van der Waals surface area (Å²) in [5.74, 6) is -1.98. The minimum atomic E-state index is -4.04. The minimum Gasteiger partial charge on any atom is -0.478 e. The summed E-state index contributed by atoms with van der Waals surface area (Å²) in [5, 5.41) is 21.3. The molecule has 33 heavy (non-hydrogen) atoms. The zero-order valence-electron chi connectivity index (χ0n) is 16.9. The molecule has 0 spiro atoms. The summed E-state index contributed by atoms with van der Waals surface area (Å²) < 4.78 is 28.5. The highest BCUT2D eigenvalue weighted by Gasteiger charge is 2.31. The Bertz CT molecular complexity index is 1450. The van der Waals surface area contributed by atoms with E-state index in [0.717, 1.165) is 5.56 Å². The molecule has 3 aromatic rings. The van der Waals surface area contributed by atoms with E-state index in [9.17, 15) is 28.4 Å². The largest absolute Gasteiger partial charge is 0.478 e. The normalized spacial score (nSPS) is 12.7. The van der Waals surface area contributed by atoms with Gasteiger partial charge in [-0.25, -0.2) is 13.2 Å². The van der Waals surface area contributed by atoms with E-state index in [4.69, 9.17) is 0 Å². The molecule has 3 aromatic carbocycles. The molecule has 0 aliphatic carbocycles. The highest BCUT2D eigenvalue weighted by atomic mass is 79.9. The molecule has 0 fully saturated rings. The van der Waals surface area contributed by atoms with Crippen molar-refractivity contribution in [2.75, 3.05) is 16.2 Å². The lowest BCUT2D eigenvalue weighted by Gasteiger charge is -2.20. The van der Waals surface area contributed by atoms with Crippen LogP contribution in [0.25, 0.3) is 0 Å². The molecule has 8 nitrogen and oxygen atoms in total. The van der Waals surface area contributed by atoms with Crippen LogP contribution < -0.4 is 9.62 Å². The number of hydrogen-bond acceptors (Lipinski definition) is 5. The third-order valence-corrected chi connectivity index (χ3v) is 7.47. The third-order valence-electron chi connectivity index (χ3n) is 5.19. The van der Waals surface area contributed by atoms with E-state index in [0.29, 0.717) is 16.6 Å². The number of nitrogens with one attached hydrogen (secondary N) is 1. The first-order valence-electron chi connectivity index (χ1n) is 9.71. The molecule has 0 saturated carbocycles. The van der Waals surface area contributed by atoms with Gasteiger partial charge >= 0.3 is 5.97 Å². The van der Waals surface area contributed by atoms with Crippen LogP contribution in [-0.2, 0) is 16.4 Å². The Morgan fingerprint density at radius 2 is 1.85 bits per heavy atom. The van der Waals surface area contributed by atoms with Crippen LogP contribution in [0.4, 0.5) is 11.4 Å². The zero-order chi connectivity index (χ0) is 23.8. The van der Waals surface area contributed by atoms with Gasteiger partial charge in [-0.05, 0) is 54.4 Å². The van der Waals surface area contributed by atoms with Gasteiger partial charge in [-0.1, -0.05) is 34.1 Å². The fraction of sp³-hybridized carbons (Fsp3) is 0.0870. The molecule has 2 N–H and O–H groups in total. The zero-order valence-corrected chi connectivity index (χ0v) is 19.4. The van der Waals surface area contributed by atoms with Crippen LogP contribution in [0.5, 0.6) is 0 Å². The predicted octanol–water partition coefficient (Wildman–Crippen LogP) is 4.02. The van der Waals surface area contributed by atoms with Gasteiger partial charge in [0, 0.05) is 16.6 Å². The number of benzene rings is 3. The van der Waals surface area contributed by atoms with Crippen LogP contribution in [0.15, 0.2) is 70.0 Å². The van der Waals surface area contributed by atoms with Crippen molar-refractivity contribution < 1.29 is 23.1 Å². The maximum atomic E-state index is 13.4. The molecular formula is C23H16BrN3O5S. The smallest absolute Gasteiger partial charge is 0.337 e. The van der Waals surface area contributed by atoms with Crippen molar-refractivity contribution in [1.82, 2.24) is 0 Å². The van der Waals surface area contributed by atoms with Crippen molar-refractivity contribution in [3.8, 4) is 6.07 Å². The highest BCUT2D eigenvalue weighted by molar-refractivity contribution is 9.10. The molecule has 0 saturated heterocycles. The second-order valence-electron chi connectivity index (χ2n) is 7.26. The number of hydrogen-bond donors (Lipinski definition) is 2. The average molecular weight is 526 g/mol. The molecule has 1 aliphatic rings. The number of nitrogens with zero attached hydrogens (tertiary/aromatic N) is 2. The third kappa shape index (κ3) is 4.33. The number of anilines is 2. The molecule has 0 atom stereocenters. The molecule has 0 bridgehead atoms. The van der Waals surface area contributed by atoms with E-state index in [1.807, 2.05) is 18.2 Å². The van der Waals surface area contributed by atoms with Crippen molar-refractivity contribution in [1.29, 1.82) is 5.26 Å². The lowest BCUT2D eigenvalue weighted by Crippen LogP contribution is -2.29. The van der Waals surface area contributed by atoms with Crippen molar-refractivity contribution in [3.63, 3.8) is 0 Å². The van der Waals surface area contributed by atoms with Crippen LogP contribution in [0.3, 0.4) is 0 Å². The van der Waals surface area contributed by atoms with Gasteiger partial charge in [0.1, 0.15) is 0 Å². The van der Waals surface area contributed by atoms with E-state index in [2.05, 4.69) is 21.2 Å². The fourth-order valence-corrected chi connectivity index (χ4v) is 5.56. The SMILES string of the molecule is N#Cc1cc(C(=O)Nc2ccc(Br)cc2C(=O)O)cc(S(=O)(=O)N2CCc3ccccc32)c1. The average Bonchev–Trinajstić information content (AvgIpc) is 3.24. The molecular weight excluding hydrogens is 510 g/mol. The van der Waals surface area contributed by atoms with Gasteiger partial charge in [-0.3, -0.25) is 9.10 Å². The van der Waals surface area contributed by atoms with E-state index in [1.165, 1.54) is 34.6 Å². The van der Waals surface area contributed by atoms with Crippen LogP contribution in [0.1, 0.15) is 31.8 Å². The number of carbonyl (C=O) groups excluding carboxylic acids is 1. The number of aromatic carboxylic acids is 1. The summed E-state index contributed by atoms with van der Waals surface area (Å²) >= 11 is 3.19. The summed E-state index contributed by atoms with van der Waals surface area (Å²) in [7, 11) is -4.04. The molecule has 0 unspecified atom stereocenters. The first-order chi connectivity index (χ1) is 15.7. The number of fused-ring (bicyclic) bond motifs is 1. The van der Waals surface area contributed by atoms with Crippen LogP contribution in [0.2, 0.25) is 0 Å². The van der Waals surface area contributed by atoms with E-state index >= 15 is 0 Å². The molecule has 10 heteroatoms. The summed E-state index contributed by atoms with van der Waals surface area (Å²) in [6, 6.07) is 17.0. The minimum absolute atomic E-state index is 0.0111. The first kappa shape index (κ1) is 22.5. The molecule has 1 heterocycles. The lowest BCUT2D eigenvalue weighted by atomic mass is 10.1. The van der Waals surface area contributed by atoms with E-state index in [-0.39, 0.29) is 33.8 Å². The highest BCUT2D eigenvalue weighted by Crippen LogP contribution is 2.33. The van der Waals surface area contributed by atoms with Gasteiger partial charge in [0.2, 0.25) is 0 Å². The van der Waals surface area contributed by atoms with Gasteiger partial charge in [0.15, 0.2) is 0 Å². The molecule has 0 aromatic heterocycles. The number of halogens is 1.